The van der Waals surface area contributed by atoms with E-state index in [9.17, 15) is 9.59 Å². The molecule has 0 spiro atoms. The van der Waals surface area contributed by atoms with Crippen LogP contribution in [0.1, 0.15) is 26.7 Å². The second kappa shape index (κ2) is 6.49. The molecule has 16 heavy (non-hydrogen) atoms. The summed E-state index contributed by atoms with van der Waals surface area (Å²) < 4.78 is 8.62. The molecule has 0 fully saturated rings. The summed E-state index contributed by atoms with van der Waals surface area (Å²) in [5.41, 5.74) is 1.22. The van der Waals surface area contributed by atoms with Crippen LogP contribution in [0.3, 0.4) is 0 Å². The number of hydrogen-bond acceptors (Lipinski definition) is 6. The van der Waals surface area contributed by atoms with Crippen molar-refractivity contribution in [3.05, 3.63) is 0 Å². The normalized spacial score (nSPS) is 11.1. The molecule has 0 aromatic rings. The Morgan fingerprint density at radius 3 is 2.25 bits per heavy atom. The van der Waals surface area contributed by atoms with Crippen molar-refractivity contribution in [1.29, 1.82) is 0 Å². The third kappa shape index (κ3) is 5.03. The lowest BCUT2D eigenvalue weighted by atomic mass is 10.1. The number of carboxylic acid groups (broad SMARTS) is 2. The van der Waals surface area contributed by atoms with Crippen LogP contribution in [0.4, 0.5) is 9.59 Å². The van der Waals surface area contributed by atoms with Gasteiger partial charge in [0.05, 0.1) is 0 Å². The van der Waals surface area contributed by atoms with Crippen LogP contribution >= 0.6 is 0 Å². The van der Waals surface area contributed by atoms with Crippen molar-refractivity contribution < 1.29 is 29.3 Å². The molecular weight excluding hydrogens is 220 g/mol. The molecule has 0 heterocycles. The van der Waals surface area contributed by atoms with E-state index in [0.29, 0.717) is 19.2 Å². The van der Waals surface area contributed by atoms with Gasteiger partial charge in [-0.25, -0.2) is 9.59 Å². The highest BCUT2D eigenvalue weighted by molar-refractivity contribution is 5.69. The van der Waals surface area contributed by atoms with Gasteiger partial charge in [0.15, 0.2) is 0 Å². The first kappa shape index (κ1) is 14.0. The van der Waals surface area contributed by atoms with Gasteiger partial charge < -0.3 is 19.7 Å². The van der Waals surface area contributed by atoms with E-state index >= 15 is 0 Å². The van der Waals surface area contributed by atoms with Crippen molar-refractivity contribution >= 4 is 18.7 Å². The van der Waals surface area contributed by atoms with Crippen LogP contribution < -0.4 is 5.43 Å². The first-order chi connectivity index (χ1) is 7.45. The molecule has 8 heteroatoms. The number of nitrogens with one attached hydrogen (secondary N) is 1. The molecule has 0 saturated carbocycles. The molecular formula is C8H14N2O6. The monoisotopic (exact) mass is 234 g/mol. The molecule has 3 N–H and O–H groups in total. The average Bonchev–Trinajstić information content (AvgIpc) is 2.22. The summed E-state index contributed by atoms with van der Waals surface area (Å²) in [4.78, 5) is 20.4. The Hall–Kier alpha value is -1.99. The molecule has 0 aromatic heterocycles. The van der Waals surface area contributed by atoms with E-state index in [2.05, 4.69) is 20.0 Å². The fraction of sp³-hybridized carbons (Fsp3) is 0.625. The second-order valence-electron chi connectivity index (χ2n) is 2.80. The van der Waals surface area contributed by atoms with E-state index in [1.807, 2.05) is 0 Å². The minimum absolute atomic E-state index is 0.334. The molecule has 92 valence electrons. The zero-order chi connectivity index (χ0) is 12.6. The van der Waals surface area contributed by atoms with Gasteiger partial charge in [0.2, 0.25) is 12.1 Å². The molecule has 0 aromatic carbocycles. The summed E-state index contributed by atoms with van der Waals surface area (Å²) in [5.74, 6) is 0. The van der Waals surface area contributed by atoms with E-state index in [4.69, 9.17) is 10.2 Å². The summed E-state index contributed by atoms with van der Waals surface area (Å²) >= 11 is 0. The SMILES string of the molecule is CCC(CC)(NN=COC(=O)O)OC(=O)O. The Labute approximate surface area is 91.8 Å². The quantitative estimate of drug-likeness (QED) is 0.209. The van der Waals surface area contributed by atoms with Gasteiger partial charge in [0, 0.05) is 12.8 Å². The van der Waals surface area contributed by atoms with Crippen molar-refractivity contribution in [3.63, 3.8) is 0 Å². The molecule has 0 unspecified atom stereocenters. The van der Waals surface area contributed by atoms with E-state index in [1.54, 1.807) is 13.8 Å². The van der Waals surface area contributed by atoms with Crippen molar-refractivity contribution in [3.8, 4) is 0 Å². The van der Waals surface area contributed by atoms with Crippen LogP contribution in [-0.4, -0.2) is 34.6 Å². The summed E-state index contributed by atoms with van der Waals surface area (Å²) in [7, 11) is 0. The van der Waals surface area contributed by atoms with Crippen molar-refractivity contribution in [2.75, 3.05) is 0 Å². The van der Waals surface area contributed by atoms with Crippen LogP contribution in [0.5, 0.6) is 0 Å². The third-order valence-corrected chi connectivity index (χ3v) is 1.90. The van der Waals surface area contributed by atoms with Gasteiger partial charge in [-0.2, -0.15) is 0 Å². The van der Waals surface area contributed by atoms with Crippen molar-refractivity contribution in [1.82, 2.24) is 5.43 Å². The zero-order valence-electron chi connectivity index (χ0n) is 8.97. The molecule has 0 bridgehead atoms. The van der Waals surface area contributed by atoms with E-state index in [1.165, 1.54) is 0 Å². The zero-order valence-corrected chi connectivity index (χ0v) is 8.97. The largest absolute Gasteiger partial charge is 0.512 e. The number of carbonyl (C=O) groups is 2. The molecule has 0 aliphatic carbocycles. The van der Waals surface area contributed by atoms with Crippen LogP contribution in [0, 0.1) is 0 Å². The maximum atomic E-state index is 10.4. The van der Waals surface area contributed by atoms with Crippen LogP contribution in [0.25, 0.3) is 0 Å². The highest BCUT2D eigenvalue weighted by Gasteiger charge is 2.30. The Bertz CT molecular complexity index is 274. The Morgan fingerprint density at radius 2 is 1.88 bits per heavy atom. The molecule has 0 amide bonds. The van der Waals surface area contributed by atoms with Crippen molar-refractivity contribution in [2.24, 2.45) is 5.10 Å². The van der Waals surface area contributed by atoms with Gasteiger partial charge in [-0.3, -0.25) is 5.43 Å². The topological polar surface area (TPSA) is 117 Å². The van der Waals surface area contributed by atoms with Crippen LogP contribution in [0.2, 0.25) is 0 Å². The second-order valence-corrected chi connectivity index (χ2v) is 2.80. The van der Waals surface area contributed by atoms with E-state index in [0.717, 1.165) is 0 Å². The first-order valence-corrected chi connectivity index (χ1v) is 4.56. The smallest absolute Gasteiger partial charge is 0.450 e. The molecule has 0 aliphatic rings. The van der Waals surface area contributed by atoms with Gasteiger partial charge in [0.1, 0.15) is 0 Å². The number of hydrazone groups is 1. The predicted molar refractivity (Wildman–Crippen MR) is 53.2 cm³/mol. The highest BCUT2D eigenvalue weighted by atomic mass is 16.7. The molecule has 8 nitrogen and oxygen atoms in total. The fourth-order valence-corrected chi connectivity index (χ4v) is 0.958. The van der Waals surface area contributed by atoms with E-state index in [-0.39, 0.29) is 0 Å². The highest BCUT2D eigenvalue weighted by Crippen LogP contribution is 2.16. The average molecular weight is 234 g/mol. The summed E-state index contributed by atoms with van der Waals surface area (Å²) in [5, 5.41) is 20.1. The number of ether oxygens (including phenoxy) is 2. The molecule has 0 aliphatic heterocycles. The van der Waals surface area contributed by atoms with Gasteiger partial charge in [-0.15, -0.1) is 5.10 Å². The van der Waals surface area contributed by atoms with Gasteiger partial charge in [0.25, 0.3) is 0 Å². The lowest BCUT2D eigenvalue weighted by Crippen LogP contribution is -2.45. The van der Waals surface area contributed by atoms with Crippen molar-refractivity contribution in [2.45, 2.75) is 32.4 Å². The minimum atomic E-state index is -1.51. The maximum Gasteiger partial charge on any atom is 0.512 e. The maximum absolute atomic E-state index is 10.4. The summed E-state index contributed by atoms with van der Waals surface area (Å²) in [6.45, 7) is 3.40. The van der Waals surface area contributed by atoms with Gasteiger partial charge in [-0.05, 0) is 0 Å². The first-order valence-electron chi connectivity index (χ1n) is 4.56. The summed E-state index contributed by atoms with van der Waals surface area (Å²) in [6, 6.07) is 0. The number of nitrogens with zero attached hydrogens (tertiary/aromatic N) is 1. The van der Waals surface area contributed by atoms with Crippen LogP contribution in [0.15, 0.2) is 5.10 Å². The van der Waals surface area contributed by atoms with E-state index < -0.39 is 18.0 Å². The lowest BCUT2D eigenvalue weighted by Gasteiger charge is -2.28. The number of hydrogen-bond donors (Lipinski definition) is 3. The van der Waals surface area contributed by atoms with Gasteiger partial charge >= 0.3 is 12.3 Å². The fourth-order valence-electron chi connectivity index (χ4n) is 0.958. The Morgan fingerprint density at radius 1 is 1.31 bits per heavy atom. The number of rotatable bonds is 6. The third-order valence-electron chi connectivity index (χ3n) is 1.90. The molecule has 0 atom stereocenters. The molecule has 0 rings (SSSR count). The van der Waals surface area contributed by atoms with Gasteiger partial charge in [-0.1, -0.05) is 13.8 Å². The standard InChI is InChI=1S/C8H14N2O6/c1-3-8(4-2,16-7(13)14)10-9-5-15-6(11)12/h5,10H,3-4H2,1-2H3,(H,11,12)(H,13,14). The predicted octanol–water partition coefficient (Wildman–Crippen LogP) is 1.42. The minimum Gasteiger partial charge on any atom is -0.450 e. The Kier molecular flexibility index (Phi) is 5.68. The molecule has 0 saturated heterocycles. The Balaban J connectivity index is 4.37. The lowest BCUT2D eigenvalue weighted by molar-refractivity contribution is -0.0466. The summed E-state index contributed by atoms with van der Waals surface area (Å²) in [6.07, 6.45) is -1.64. The van der Waals surface area contributed by atoms with Crippen LogP contribution in [-0.2, 0) is 9.47 Å². The molecule has 0 radical (unpaired) electrons.